The van der Waals surface area contributed by atoms with E-state index >= 15 is 0 Å². The molecule has 144 valence electrons. The molecule has 1 aliphatic rings. The van der Waals surface area contributed by atoms with Crippen molar-refractivity contribution in [2.45, 2.75) is 19.8 Å². The number of benzene rings is 2. The van der Waals surface area contributed by atoms with Crippen molar-refractivity contribution in [2.24, 2.45) is 5.92 Å². The SMILES string of the molecule is CCOC(=O)C1CCN(c2nc(-c3ccccc3O)nc3ccccc23)CC1. The molecule has 2 aromatic carbocycles. The summed E-state index contributed by atoms with van der Waals surface area (Å²) in [4.78, 5) is 23.7. The minimum atomic E-state index is -0.107. The van der Waals surface area contributed by atoms with Gasteiger partial charge in [-0.25, -0.2) is 9.97 Å². The number of hydrogen-bond acceptors (Lipinski definition) is 6. The quantitative estimate of drug-likeness (QED) is 0.698. The molecule has 1 fully saturated rings. The smallest absolute Gasteiger partial charge is 0.309 e. The molecule has 0 unspecified atom stereocenters. The lowest BCUT2D eigenvalue weighted by molar-refractivity contribution is -0.148. The van der Waals surface area contributed by atoms with Gasteiger partial charge in [-0.05, 0) is 44.0 Å². The predicted molar refractivity (Wildman–Crippen MR) is 108 cm³/mol. The van der Waals surface area contributed by atoms with Gasteiger partial charge in [-0.1, -0.05) is 24.3 Å². The second kappa shape index (κ2) is 7.84. The zero-order chi connectivity index (χ0) is 19.5. The maximum atomic E-state index is 12.0. The molecule has 1 N–H and O–H groups in total. The van der Waals surface area contributed by atoms with Crippen molar-refractivity contribution in [1.82, 2.24) is 9.97 Å². The zero-order valence-electron chi connectivity index (χ0n) is 15.8. The van der Waals surface area contributed by atoms with E-state index in [1.54, 1.807) is 12.1 Å². The molecule has 28 heavy (non-hydrogen) atoms. The number of phenols is 1. The van der Waals surface area contributed by atoms with Gasteiger partial charge >= 0.3 is 5.97 Å². The number of hydrogen-bond donors (Lipinski definition) is 1. The van der Waals surface area contributed by atoms with Gasteiger partial charge in [0.15, 0.2) is 5.82 Å². The molecule has 0 spiro atoms. The summed E-state index contributed by atoms with van der Waals surface area (Å²) >= 11 is 0. The number of aromatic hydroxyl groups is 1. The first-order valence-corrected chi connectivity index (χ1v) is 9.64. The number of nitrogens with zero attached hydrogens (tertiary/aromatic N) is 3. The van der Waals surface area contributed by atoms with Gasteiger partial charge in [0.25, 0.3) is 0 Å². The van der Waals surface area contributed by atoms with Gasteiger partial charge in [-0.15, -0.1) is 0 Å². The largest absolute Gasteiger partial charge is 0.507 e. The Kier molecular flexibility index (Phi) is 5.10. The van der Waals surface area contributed by atoms with Crippen molar-refractivity contribution in [3.63, 3.8) is 0 Å². The molecule has 0 radical (unpaired) electrons. The molecule has 6 nitrogen and oxygen atoms in total. The molecule has 0 amide bonds. The minimum Gasteiger partial charge on any atom is -0.507 e. The third kappa shape index (κ3) is 3.50. The number of ether oxygens (including phenoxy) is 1. The first-order chi connectivity index (χ1) is 13.7. The Hall–Kier alpha value is -3.15. The Labute approximate surface area is 163 Å². The summed E-state index contributed by atoms with van der Waals surface area (Å²) in [5.41, 5.74) is 1.44. The Balaban J connectivity index is 1.69. The fourth-order valence-electron chi connectivity index (χ4n) is 3.67. The second-order valence-corrected chi connectivity index (χ2v) is 6.92. The van der Waals surface area contributed by atoms with Gasteiger partial charge in [-0.2, -0.15) is 0 Å². The lowest BCUT2D eigenvalue weighted by Crippen LogP contribution is -2.37. The molecule has 0 atom stereocenters. The van der Waals surface area contributed by atoms with E-state index in [9.17, 15) is 9.90 Å². The number of piperidine rings is 1. The molecule has 0 aliphatic carbocycles. The van der Waals surface area contributed by atoms with Crippen LogP contribution in [0.3, 0.4) is 0 Å². The van der Waals surface area contributed by atoms with Gasteiger partial charge in [0, 0.05) is 18.5 Å². The topological polar surface area (TPSA) is 75.5 Å². The van der Waals surface area contributed by atoms with Crippen LogP contribution in [0.25, 0.3) is 22.3 Å². The van der Waals surface area contributed by atoms with E-state index in [1.165, 1.54) is 0 Å². The van der Waals surface area contributed by atoms with E-state index in [4.69, 9.17) is 9.72 Å². The lowest BCUT2D eigenvalue weighted by Gasteiger charge is -2.32. The van der Waals surface area contributed by atoms with E-state index in [0.717, 1.165) is 42.7 Å². The predicted octanol–water partition coefficient (Wildman–Crippen LogP) is 3.78. The summed E-state index contributed by atoms with van der Waals surface area (Å²) in [7, 11) is 0. The molecule has 3 aromatic rings. The standard InChI is InChI=1S/C22H23N3O3/c1-2-28-22(27)15-11-13-25(14-12-15)21-16-7-3-5-9-18(16)23-20(24-21)17-8-4-6-10-19(17)26/h3-10,15,26H,2,11-14H2,1H3. The number of aromatic nitrogens is 2. The molecule has 0 bridgehead atoms. The van der Waals surface area contributed by atoms with Crippen LogP contribution in [0.1, 0.15) is 19.8 Å². The highest BCUT2D eigenvalue weighted by Gasteiger charge is 2.27. The van der Waals surface area contributed by atoms with E-state index in [2.05, 4.69) is 9.88 Å². The molecule has 1 saturated heterocycles. The molecule has 0 saturated carbocycles. The number of esters is 1. The highest BCUT2D eigenvalue weighted by atomic mass is 16.5. The average Bonchev–Trinajstić information content (AvgIpc) is 2.73. The van der Waals surface area contributed by atoms with Gasteiger partial charge in [0.2, 0.25) is 0 Å². The van der Waals surface area contributed by atoms with Crippen molar-refractivity contribution in [3.8, 4) is 17.1 Å². The van der Waals surface area contributed by atoms with Crippen LogP contribution in [0.5, 0.6) is 5.75 Å². The van der Waals surface area contributed by atoms with Crippen LogP contribution in [0.15, 0.2) is 48.5 Å². The molecule has 1 aliphatic heterocycles. The summed E-state index contributed by atoms with van der Waals surface area (Å²) in [5, 5.41) is 11.2. The molecular weight excluding hydrogens is 354 g/mol. The van der Waals surface area contributed by atoms with Crippen LogP contribution in [0, 0.1) is 5.92 Å². The Morgan fingerprint density at radius 1 is 1.11 bits per heavy atom. The Morgan fingerprint density at radius 3 is 2.57 bits per heavy atom. The van der Waals surface area contributed by atoms with Gasteiger partial charge in [0.05, 0.1) is 23.6 Å². The number of carbonyl (C=O) groups excluding carboxylic acids is 1. The molecule has 2 heterocycles. The first kappa shape index (κ1) is 18.2. The van der Waals surface area contributed by atoms with Gasteiger partial charge in [-0.3, -0.25) is 4.79 Å². The second-order valence-electron chi connectivity index (χ2n) is 6.92. The first-order valence-electron chi connectivity index (χ1n) is 9.64. The van der Waals surface area contributed by atoms with Crippen molar-refractivity contribution < 1.29 is 14.6 Å². The molecular formula is C22H23N3O3. The van der Waals surface area contributed by atoms with Gasteiger partial charge in [0.1, 0.15) is 11.6 Å². The summed E-state index contributed by atoms with van der Waals surface area (Å²) in [6.45, 7) is 3.70. The highest BCUT2D eigenvalue weighted by Crippen LogP contribution is 2.33. The monoisotopic (exact) mass is 377 g/mol. The average molecular weight is 377 g/mol. The summed E-state index contributed by atoms with van der Waals surface area (Å²) in [5.74, 6) is 1.33. The number of anilines is 1. The third-order valence-corrected chi connectivity index (χ3v) is 5.14. The number of phenolic OH excluding ortho intramolecular Hbond substituents is 1. The van der Waals surface area contributed by atoms with Crippen molar-refractivity contribution in [1.29, 1.82) is 0 Å². The third-order valence-electron chi connectivity index (χ3n) is 5.14. The van der Waals surface area contributed by atoms with E-state index in [-0.39, 0.29) is 17.6 Å². The molecule has 4 rings (SSSR count). The van der Waals surface area contributed by atoms with Crippen LogP contribution in [0.4, 0.5) is 5.82 Å². The normalized spacial score (nSPS) is 15.0. The number of carbonyl (C=O) groups is 1. The van der Waals surface area contributed by atoms with Crippen LogP contribution in [-0.2, 0) is 9.53 Å². The van der Waals surface area contributed by atoms with Crippen LogP contribution < -0.4 is 4.90 Å². The maximum absolute atomic E-state index is 12.0. The fraction of sp³-hybridized carbons (Fsp3) is 0.318. The van der Waals surface area contributed by atoms with Crippen molar-refractivity contribution >= 4 is 22.7 Å². The Bertz CT molecular complexity index is 997. The minimum absolute atomic E-state index is 0.0538. The van der Waals surface area contributed by atoms with Gasteiger partial charge < -0.3 is 14.7 Å². The number of fused-ring (bicyclic) bond motifs is 1. The van der Waals surface area contributed by atoms with Crippen LogP contribution in [0.2, 0.25) is 0 Å². The zero-order valence-corrected chi connectivity index (χ0v) is 15.8. The van der Waals surface area contributed by atoms with Crippen LogP contribution in [-0.4, -0.2) is 40.7 Å². The van der Waals surface area contributed by atoms with E-state index < -0.39 is 0 Å². The lowest BCUT2D eigenvalue weighted by atomic mass is 9.97. The van der Waals surface area contributed by atoms with E-state index in [0.29, 0.717) is 18.0 Å². The van der Waals surface area contributed by atoms with E-state index in [1.807, 2.05) is 43.3 Å². The van der Waals surface area contributed by atoms with Crippen molar-refractivity contribution in [2.75, 3.05) is 24.6 Å². The number of rotatable bonds is 4. The summed E-state index contributed by atoms with van der Waals surface area (Å²) in [6.07, 6.45) is 1.48. The summed E-state index contributed by atoms with van der Waals surface area (Å²) < 4.78 is 5.17. The molecule has 6 heteroatoms. The van der Waals surface area contributed by atoms with Crippen LogP contribution >= 0.6 is 0 Å². The highest BCUT2D eigenvalue weighted by molar-refractivity contribution is 5.91. The number of para-hydroxylation sites is 2. The van der Waals surface area contributed by atoms with Crippen molar-refractivity contribution in [3.05, 3.63) is 48.5 Å². The fourth-order valence-corrected chi connectivity index (χ4v) is 3.67. The Morgan fingerprint density at radius 2 is 1.82 bits per heavy atom. The molecule has 1 aromatic heterocycles. The summed E-state index contributed by atoms with van der Waals surface area (Å²) in [6, 6.07) is 15.0. The maximum Gasteiger partial charge on any atom is 0.309 e.